The normalized spacial score (nSPS) is 10.8. The van der Waals surface area contributed by atoms with Crippen molar-refractivity contribution in [3.05, 3.63) is 57.8 Å². The third-order valence-electron chi connectivity index (χ3n) is 2.95. The molecule has 0 spiro atoms. The number of nitrogens with zero attached hydrogens (tertiary/aromatic N) is 1. The van der Waals surface area contributed by atoms with Crippen LogP contribution in [0.1, 0.15) is 15.9 Å². The molecule has 0 radical (unpaired) electrons. The molecule has 21 heavy (non-hydrogen) atoms. The number of amides is 1. The highest BCUT2D eigenvalue weighted by molar-refractivity contribution is 9.10. The molecule has 0 aliphatic heterocycles. The second-order valence-corrected chi connectivity index (χ2v) is 6.46. The highest BCUT2D eigenvalue weighted by atomic mass is 79.9. The van der Waals surface area contributed by atoms with Gasteiger partial charge in [0.05, 0.1) is 14.7 Å². The minimum Gasteiger partial charge on any atom is -0.298 e. The van der Waals surface area contributed by atoms with Crippen LogP contribution in [-0.2, 0) is 0 Å². The number of carbonyl (C=O) groups is 1. The Hall–Kier alpha value is -1.79. The largest absolute Gasteiger partial charge is 0.298 e. The minimum atomic E-state index is -0.470. The third kappa shape index (κ3) is 2.96. The molecule has 1 amide bonds. The summed E-state index contributed by atoms with van der Waals surface area (Å²) >= 11 is 4.45. The van der Waals surface area contributed by atoms with E-state index in [0.717, 1.165) is 15.8 Å². The third-order valence-corrected chi connectivity index (χ3v) is 4.52. The molecule has 1 N–H and O–H groups in total. The van der Waals surface area contributed by atoms with Crippen LogP contribution in [-0.4, -0.2) is 10.9 Å². The van der Waals surface area contributed by atoms with Gasteiger partial charge in [0.2, 0.25) is 0 Å². The molecule has 1 aromatic heterocycles. The Bertz CT molecular complexity index is 847. The Morgan fingerprint density at radius 3 is 2.86 bits per heavy atom. The average Bonchev–Trinajstić information content (AvgIpc) is 2.83. The minimum absolute atomic E-state index is 0.256. The lowest BCUT2D eigenvalue weighted by Crippen LogP contribution is -2.11. The van der Waals surface area contributed by atoms with Crippen molar-refractivity contribution >= 4 is 48.5 Å². The first-order valence-electron chi connectivity index (χ1n) is 6.16. The number of thiazole rings is 1. The average molecular weight is 365 g/mol. The van der Waals surface area contributed by atoms with Crippen LogP contribution >= 0.6 is 27.3 Å². The van der Waals surface area contributed by atoms with E-state index in [2.05, 4.69) is 26.2 Å². The molecule has 2 aromatic carbocycles. The van der Waals surface area contributed by atoms with Gasteiger partial charge < -0.3 is 0 Å². The molecule has 0 aliphatic carbocycles. The van der Waals surface area contributed by atoms with Crippen LogP contribution in [0.5, 0.6) is 0 Å². The number of aromatic nitrogens is 1. The van der Waals surface area contributed by atoms with Crippen LogP contribution in [0, 0.1) is 12.7 Å². The van der Waals surface area contributed by atoms with Crippen LogP contribution in [0.2, 0.25) is 0 Å². The Balaban J connectivity index is 1.87. The number of fused-ring (bicyclic) bond motifs is 1. The van der Waals surface area contributed by atoms with Crippen LogP contribution in [0.3, 0.4) is 0 Å². The number of hydrogen-bond donors (Lipinski definition) is 1. The van der Waals surface area contributed by atoms with Crippen LogP contribution < -0.4 is 5.32 Å². The molecule has 3 aromatic rings. The maximum Gasteiger partial charge on any atom is 0.257 e. The molecule has 106 valence electrons. The molecule has 3 nitrogen and oxygen atoms in total. The van der Waals surface area contributed by atoms with Crippen molar-refractivity contribution in [2.75, 3.05) is 5.32 Å². The fourth-order valence-electron chi connectivity index (χ4n) is 1.89. The van der Waals surface area contributed by atoms with E-state index in [1.807, 2.05) is 25.1 Å². The predicted molar refractivity (Wildman–Crippen MR) is 86.4 cm³/mol. The molecule has 1 heterocycles. The molecular weight excluding hydrogens is 355 g/mol. The van der Waals surface area contributed by atoms with Gasteiger partial charge in [0, 0.05) is 5.56 Å². The summed E-state index contributed by atoms with van der Waals surface area (Å²) in [4.78, 5) is 16.4. The number of carbonyl (C=O) groups excluding carboxylic acids is 1. The van der Waals surface area contributed by atoms with Crippen molar-refractivity contribution in [1.29, 1.82) is 0 Å². The number of rotatable bonds is 2. The van der Waals surface area contributed by atoms with Crippen molar-refractivity contribution in [3.63, 3.8) is 0 Å². The molecule has 0 unspecified atom stereocenters. The van der Waals surface area contributed by atoms with Gasteiger partial charge in [0.15, 0.2) is 5.13 Å². The molecule has 0 saturated carbocycles. The lowest BCUT2D eigenvalue weighted by molar-refractivity contribution is 0.102. The van der Waals surface area contributed by atoms with Crippen molar-refractivity contribution in [3.8, 4) is 0 Å². The van der Waals surface area contributed by atoms with Gasteiger partial charge >= 0.3 is 0 Å². The SMILES string of the molecule is Cc1ccc2nc(NC(=O)c3ccc(Br)c(F)c3)sc2c1. The summed E-state index contributed by atoms with van der Waals surface area (Å²) in [6.07, 6.45) is 0. The number of halogens is 2. The maximum atomic E-state index is 13.5. The van der Waals surface area contributed by atoms with E-state index >= 15 is 0 Å². The first-order valence-corrected chi connectivity index (χ1v) is 7.77. The fourth-order valence-corrected chi connectivity index (χ4v) is 3.10. The summed E-state index contributed by atoms with van der Waals surface area (Å²) in [5.74, 6) is -0.847. The quantitative estimate of drug-likeness (QED) is 0.712. The summed E-state index contributed by atoms with van der Waals surface area (Å²) in [6.45, 7) is 2.00. The van der Waals surface area contributed by atoms with Crippen molar-refractivity contribution in [1.82, 2.24) is 4.98 Å². The van der Waals surface area contributed by atoms with E-state index < -0.39 is 5.82 Å². The summed E-state index contributed by atoms with van der Waals surface area (Å²) in [6, 6.07) is 10.2. The number of nitrogens with one attached hydrogen (secondary N) is 1. The van der Waals surface area contributed by atoms with Gasteiger partial charge in [-0.25, -0.2) is 9.37 Å². The molecule has 0 atom stereocenters. The number of benzene rings is 2. The van der Waals surface area contributed by atoms with Gasteiger partial charge in [-0.1, -0.05) is 17.4 Å². The lowest BCUT2D eigenvalue weighted by Gasteiger charge is -2.02. The Labute approximate surface area is 133 Å². The summed E-state index contributed by atoms with van der Waals surface area (Å²) in [5, 5.41) is 3.20. The number of aryl methyl sites for hydroxylation is 1. The van der Waals surface area contributed by atoms with E-state index in [1.54, 1.807) is 6.07 Å². The van der Waals surface area contributed by atoms with Crippen molar-refractivity contribution in [2.45, 2.75) is 6.92 Å². The molecule has 0 saturated heterocycles. The fraction of sp³-hybridized carbons (Fsp3) is 0.0667. The smallest absolute Gasteiger partial charge is 0.257 e. The van der Waals surface area contributed by atoms with Crippen molar-refractivity contribution in [2.24, 2.45) is 0 Å². The van der Waals surface area contributed by atoms with E-state index in [0.29, 0.717) is 9.60 Å². The summed E-state index contributed by atoms with van der Waals surface area (Å²) < 4.78 is 14.8. The topological polar surface area (TPSA) is 42.0 Å². The predicted octanol–water partition coefficient (Wildman–Crippen LogP) is 4.76. The summed E-state index contributed by atoms with van der Waals surface area (Å²) in [5.41, 5.74) is 2.23. The Morgan fingerprint density at radius 1 is 1.29 bits per heavy atom. The molecule has 3 rings (SSSR count). The van der Waals surface area contributed by atoms with Gasteiger partial charge in [-0.05, 0) is 58.7 Å². The van der Waals surface area contributed by atoms with Gasteiger partial charge in [-0.15, -0.1) is 0 Å². The molecule has 0 bridgehead atoms. The second-order valence-electron chi connectivity index (χ2n) is 4.57. The lowest BCUT2D eigenvalue weighted by atomic mass is 10.2. The molecule has 0 fully saturated rings. The van der Waals surface area contributed by atoms with Gasteiger partial charge in [-0.2, -0.15) is 0 Å². The zero-order valence-electron chi connectivity index (χ0n) is 11.0. The van der Waals surface area contributed by atoms with Gasteiger partial charge in [0.25, 0.3) is 5.91 Å². The zero-order valence-corrected chi connectivity index (χ0v) is 13.4. The maximum absolute atomic E-state index is 13.5. The standard InChI is InChI=1S/C15H10BrFN2OS/c1-8-2-5-12-13(6-8)21-15(18-12)19-14(20)9-3-4-10(16)11(17)7-9/h2-7H,1H3,(H,18,19,20). The number of hydrogen-bond acceptors (Lipinski definition) is 3. The van der Waals surface area contributed by atoms with Gasteiger partial charge in [-0.3, -0.25) is 10.1 Å². The first kappa shape index (κ1) is 14.2. The Kier molecular flexibility index (Phi) is 3.73. The van der Waals surface area contributed by atoms with E-state index in [-0.39, 0.29) is 11.5 Å². The highest BCUT2D eigenvalue weighted by Gasteiger charge is 2.11. The van der Waals surface area contributed by atoms with Crippen LogP contribution in [0.4, 0.5) is 9.52 Å². The molecule has 6 heteroatoms. The summed E-state index contributed by atoms with van der Waals surface area (Å²) in [7, 11) is 0. The van der Waals surface area contributed by atoms with E-state index in [1.165, 1.54) is 23.5 Å². The van der Waals surface area contributed by atoms with E-state index in [4.69, 9.17) is 0 Å². The van der Waals surface area contributed by atoms with E-state index in [9.17, 15) is 9.18 Å². The van der Waals surface area contributed by atoms with Crippen LogP contribution in [0.25, 0.3) is 10.2 Å². The zero-order chi connectivity index (χ0) is 15.0. The van der Waals surface area contributed by atoms with Gasteiger partial charge in [0.1, 0.15) is 5.82 Å². The first-order chi connectivity index (χ1) is 10.0. The molecule has 0 aliphatic rings. The van der Waals surface area contributed by atoms with Crippen LogP contribution in [0.15, 0.2) is 40.9 Å². The monoisotopic (exact) mass is 364 g/mol. The van der Waals surface area contributed by atoms with Crippen molar-refractivity contribution < 1.29 is 9.18 Å². The molecular formula is C15H10BrFN2OS. The number of anilines is 1. The highest BCUT2D eigenvalue weighted by Crippen LogP contribution is 2.27. The Morgan fingerprint density at radius 2 is 2.10 bits per heavy atom. The second kappa shape index (κ2) is 5.54.